The van der Waals surface area contributed by atoms with Crippen LogP contribution in [0.1, 0.15) is 23.8 Å². The molecule has 1 aromatic heterocycles. The van der Waals surface area contributed by atoms with Gasteiger partial charge in [0.05, 0.1) is 23.1 Å². The second-order valence-electron chi connectivity index (χ2n) is 5.87. The van der Waals surface area contributed by atoms with Crippen LogP contribution in [0.4, 0.5) is 0 Å². The maximum absolute atomic E-state index is 13.2. The van der Waals surface area contributed by atoms with Crippen molar-refractivity contribution >= 4 is 22.6 Å². The third kappa shape index (κ3) is 2.92. The van der Waals surface area contributed by atoms with Crippen LogP contribution in [-0.4, -0.2) is 12.2 Å². The Kier molecular flexibility index (Phi) is 4.84. The third-order valence-electron chi connectivity index (χ3n) is 4.32. The molecule has 0 fully saturated rings. The van der Waals surface area contributed by atoms with Gasteiger partial charge in [-0.15, -0.1) is 0 Å². The highest BCUT2D eigenvalue weighted by Crippen LogP contribution is 2.35. The Balaban J connectivity index is 2.43. The van der Waals surface area contributed by atoms with Gasteiger partial charge < -0.3 is 14.3 Å². The number of hydrogen-bond donors (Lipinski definition) is 1. The standard InChI is InChI=1S/C20H19ClO4/c1-4-12-9-14-19(23)17(13-7-5-6-8-16(13)21)11(2)25-20(14)15(10-24-3)18(12)22/h5-9,22H,4,10H2,1-3H3. The van der Waals surface area contributed by atoms with E-state index in [1.165, 1.54) is 7.11 Å². The lowest BCUT2D eigenvalue weighted by molar-refractivity contribution is 0.182. The zero-order valence-electron chi connectivity index (χ0n) is 14.4. The average molecular weight is 359 g/mol. The molecule has 5 heteroatoms. The van der Waals surface area contributed by atoms with Crippen molar-refractivity contribution in [1.29, 1.82) is 0 Å². The fraction of sp³-hybridized carbons (Fsp3) is 0.250. The number of phenolic OH excluding ortho intramolecular Hbond substituents is 1. The molecule has 130 valence electrons. The van der Waals surface area contributed by atoms with Gasteiger partial charge in [0.2, 0.25) is 5.43 Å². The van der Waals surface area contributed by atoms with Gasteiger partial charge in [-0.1, -0.05) is 36.7 Å². The molecule has 0 saturated heterocycles. The predicted octanol–water partition coefficient (Wildman–Crippen LogP) is 4.84. The predicted molar refractivity (Wildman–Crippen MR) is 99.4 cm³/mol. The van der Waals surface area contributed by atoms with Gasteiger partial charge in [0.25, 0.3) is 0 Å². The van der Waals surface area contributed by atoms with Crippen LogP contribution in [0.2, 0.25) is 5.02 Å². The highest BCUT2D eigenvalue weighted by Gasteiger charge is 2.21. The summed E-state index contributed by atoms with van der Waals surface area (Å²) in [5, 5.41) is 11.4. The summed E-state index contributed by atoms with van der Waals surface area (Å²) in [5.74, 6) is 0.566. The van der Waals surface area contributed by atoms with Gasteiger partial charge in [0, 0.05) is 17.7 Å². The number of methoxy groups -OCH3 is 1. The van der Waals surface area contributed by atoms with Crippen LogP contribution >= 0.6 is 11.6 Å². The third-order valence-corrected chi connectivity index (χ3v) is 4.65. The summed E-state index contributed by atoms with van der Waals surface area (Å²) in [7, 11) is 1.53. The second kappa shape index (κ2) is 6.90. The van der Waals surface area contributed by atoms with Crippen LogP contribution in [0, 0.1) is 6.92 Å². The summed E-state index contributed by atoms with van der Waals surface area (Å²) in [6.07, 6.45) is 0.591. The minimum absolute atomic E-state index is 0.116. The smallest absolute Gasteiger partial charge is 0.200 e. The van der Waals surface area contributed by atoms with Crippen molar-refractivity contribution in [2.75, 3.05) is 7.11 Å². The van der Waals surface area contributed by atoms with E-state index in [0.29, 0.717) is 50.4 Å². The molecule has 3 aromatic rings. The number of halogens is 1. The van der Waals surface area contributed by atoms with Crippen molar-refractivity contribution < 1.29 is 14.3 Å². The molecular weight excluding hydrogens is 340 g/mol. The zero-order valence-corrected chi connectivity index (χ0v) is 15.1. The first-order chi connectivity index (χ1) is 12.0. The first-order valence-electron chi connectivity index (χ1n) is 8.04. The molecule has 3 rings (SSSR count). The van der Waals surface area contributed by atoms with Crippen LogP contribution in [0.3, 0.4) is 0 Å². The Hall–Kier alpha value is -2.30. The van der Waals surface area contributed by atoms with Gasteiger partial charge in [0.1, 0.15) is 17.1 Å². The minimum Gasteiger partial charge on any atom is -0.507 e. The Morgan fingerprint density at radius 3 is 2.64 bits per heavy atom. The van der Waals surface area contributed by atoms with Gasteiger partial charge >= 0.3 is 0 Å². The number of rotatable bonds is 4. The van der Waals surface area contributed by atoms with Crippen LogP contribution in [0.25, 0.3) is 22.1 Å². The maximum Gasteiger partial charge on any atom is 0.200 e. The summed E-state index contributed by atoms with van der Waals surface area (Å²) in [4.78, 5) is 13.2. The van der Waals surface area contributed by atoms with E-state index in [1.54, 1.807) is 25.1 Å². The quantitative estimate of drug-likeness (QED) is 0.725. The van der Waals surface area contributed by atoms with Crippen molar-refractivity contribution in [3.8, 4) is 16.9 Å². The highest BCUT2D eigenvalue weighted by molar-refractivity contribution is 6.33. The molecule has 0 saturated carbocycles. The molecule has 25 heavy (non-hydrogen) atoms. The monoisotopic (exact) mass is 358 g/mol. The topological polar surface area (TPSA) is 59.7 Å². The molecule has 2 aromatic carbocycles. The molecule has 0 radical (unpaired) electrons. The number of phenols is 1. The lowest BCUT2D eigenvalue weighted by Gasteiger charge is -2.14. The average Bonchev–Trinajstić information content (AvgIpc) is 2.59. The Bertz CT molecular complexity index is 1000. The summed E-state index contributed by atoms with van der Waals surface area (Å²) in [6.45, 7) is 3.80. The first-order valence-corrected chi connectivity index (χ1v) is 8.42. The maximum atomic E-state index is 13.2. The molecule has 4 nitrogen and oxygen atoms in total. The lowest BCUT2D eigenvalue weighted by atomic mass is 9.98. The van der Waals surface area contributed by atoms with Crippen molar-refractivity contribution in [2.45, 2.75) is 26.9 Å². The number of ether oxygens (including phenoxy) is 1. The van der Waals surface area contributed by atoms with Gasteiger partial charge in [-0.3, -0.25) is 4.79 Å². The molecule has 0 atom stereocenters. The normalized spacial score (nSPS) is 11.2. The van der Waals surface area contributed by atoms with Gasteiger partial charge in [-0.2, -0.15) is 0 Å². The van der Waals surface area contributed by atoms with Gasteiger partial charge in [-0.25, -0.2) is 0 Å². The number of hydrogen-bond acceptors (Lipinski definition) is 4. The molecule has 0 spiro atoms. The summed E-state index contributed by atoms with van der Waals surface area (Å²) in [5.41, 5.74) is 2.43. The molecule has 0 aliphatic carbocycles. The number of fused-ring (bicyclic) bond motifs is 1. The first kappa shape index (κ1) is 17.5. The summed E-state index contributed by atoms with van der Waals surface area (Å²) < 4.78 is 11.1. The highest BCUT2D eigenvalue weighted by atomic mass is 35.5. The fourth-order valence-electron chi connectivity index (χ4n) is 3.08. The lowest BCUT2D eigenvalue weighted by Crippen LogP contribution is -2.10. The van der Waals surface area contributed by atoms with E-state index >= 15 is 0 Å². The van der Waals surface area contributed by atoms with Crippen molar-refractivity contribution in [2.24, 2.45) is 0 Å². The van der Waals surface area contributed by atoms with Crippen molar-refractivity contribution in [1.82, 2.24) is 0 Å². The Morgan fingerprint density at radius 2 is 2.00 bits per heavy atom. The van der Waals surface area contributed by atoms with Crippen molar-refractivity contribution in [3.63, 3.8) is 0 Å². The molecule has 0 aliphatic rings. The van der Waals surface area contributed by atoms with Crippen LogP contribution in [0.15, 0.2) is 39.5 Å². The van der Waals surface area contributed by atoms with Crippen LogP contribution in [-0.2, 0) is 17.8 Å². The Morgan fingerprint density at radius 1 is 1.28 bits per heavy atom. The second-order valence-corrected chi connectivity index (χ2v) is 6.28. The summed E-state index contributed by atoms with van der Waals surface area (Å²) in [6, 6.07) is 8.87. The van der Waals surface area contributed by atoms with Crippen molar-refractivity contribution in [3.05, 3.63) is 62.5 Å². The summed E-state index contributed by atoms with van der Waals surface area (Å²) >= 11 is 6.28. The molecule has 0 bridgehead atoms. The number of aromatic hydroxyl groups is 1. The van der Waals surface area contributed by atoms with Gasteiger partial charge in [0.15, 0.2) is 0 Å². The minimum atomic E-state index is -0.168. The van der Waals surface area contributed by atoms with E-state index in [4.69, 9.17) is 20.8 Å². The van der Waals surface area contributed by atoms with Crippen LogP contribution in [0.5, 0.6) is 5.75 Å². The zero-order chi connectivity index (χ0) is 18.1. The van der Waals surface area contributed by atoms with E-state index in [1.807, 2.05) is 19.1 Å². The van der Waals surface area contributed by atoms with E-state index in [0.717, 1.165) is 0 Å². The molecule has 1 N–H and O–H groups in total. The van der Waals surface area contributed by atoms with Gasteiger partial charge in [-0.05, 0) is 31.0 Å². The fourth-order valence-corrected chi connectivity index (χ4v) is 3.31. The number of aryl methyl sites for hydroxylation is 2. The largest absolute Gasteiger partial charge is 0.507 e. The molecule has 0 unspecified atom stereocenters. The van der Waals surface area contributed by atoms with E-state index in [9.17, 15) is 9.90 Å². The van der Waals surface area contributed by atoms with E-state index < -0.39 is 0 Å². The molecule has 1 heterocycles. The molecular formula is C20H19ClO4. The molecule has 0 aliphatic heterocycles. The molecule has 0 amide bonds. The van der Waals surface area contributed by atoms with Crippen LogP contribution < -0.4 is 5.43 Å². The number of benzene rings is 2. The van der Waals surface area contributed by atoms with E-state index in [2.05, 4.69) is 0 Å². The SMILES string of the molecule is CCc1cc2c(=O)c(-c3ccccc3Cl)c(C)oc2c(COC)c1O. The van der Waals surface area contributed by atoms with E-state index in [-0.39, 0.29) is 17.8 Å². The Labute approximate surface area is 150 Å².